The number of sulfone groups is 1. The van der Waals surface area contributed by atoms with E-state index in [1.165, 1.54) is 6.26 Å². The van der Waals surface area contributed by atoms with Crippen LogP contribution in [0.15, 0.2) is 47.4 Å². The van der Waals surface area contributed by atoms with Crippen molar-refractivity contribution in [2.75, 3.05) is 6.26 Å². The molecule has 2 atom stereocenters. The summed E-state index contributed by atoms with van der Waals surface area (Å²) in [4.78, 5) is 12.4. The topological polar surface area (TPSA) is 89.3 Å². The molecule has 0 aromatic heterocycles. The highest BCUT2D eigenvalue weighted by molar-refractivity contribution is 7.90. The summed E-state index contributed by atoms with van der Waals surface area (Å²) in [6, 6.07) is 11.4. The van der Waals surface area contributed by atoms with Gasteiger partial charge < -0.3 is 11.1 Å². The minimum absolute atomic E-state index is 0.217. The van der Waals surface area contributed by atoms with Gasteiger partial charge in [-0.25, -0.2) is 8.42 Å². The molecule has 2 aromatic rings. The Morgan fingerprint density at radius 1 is 1.12 bits per heavy atom. The number of amides is 1. The summed E-state index contributed by atoms with van der Waals surface area (Å²) in [7, 11) is -3.34. The monoisotopic (exact) mass is 360 g/mol. The predicted molar refractivity (Wildman–Crippen MR) is 99.1 cm³/mol. The Kier molecular flexibility index (Phi) is 5.65. The van der Waals surface area contributed by atoms with Crippen LogP contribution >= 0.6 is 0 Å². The van der Waals surface area contributed by atoms with E-state index in [9.17, 15) is 13.2 Å². The maximum atomic E-state index is 12.2. The Labute approximate surface area is 149 Å². The molecule has 0 aliphatic carbocycles. The average Bonchev–Trinajstić information content (AvgIpc) is 2.52. The third kappa shape index (κ3) is 4.67. The number of nitrogens with one attached hydrogen (secondary N) is 1. The van der Waals surface area contributed by atoms with Crippen LogP contribution in [0.3, 0.4) is 0 Å². The lowest BCUT2D eigenvalue weighted by Gasteiger charge is -2.23. The molecular formula is C19H24N2O3S. The first-order valence-corrected chi connectivity index (χ1v) is 9.92. The second-order valence-electron chi connectivity index (χ2n) is 6.43. The van der Waals surface area contributed by atoms with E-state index in [0.29, 0.717) is 5.56 Å². The molecule has 5 nitrogen and oxygen atoms in total. The van der Waals surface area contributed by atoms with Gasteiger partial charge in [-0.05, 0) is 49.6 Å². The van der Waals surface area contributed by atoms with Gasteiger partial charge in [0.2, 0.25) is 5.91 Å². The van der Waals surface area contributed by atoms with E-state index < -0.39 is 21.9 Å². The summed E-state index contributed by atoms with van der Waals surface area (Å²) in [6.07, 6.45) is 1.17. The highest BCUT2D eigenvalue weighted by Crippen LogP contribution is 2.27. The molecule has 0 saturated carbocycles. The van der Waals surface area contributed by atoms with Crippen LogP contribution in [-0.4, -0.2) is 26.6 Å². The van der Waals surface area contributed by atoms with Crippen LogP contribution in [0.5, 0.6) is 0 Å². The maximum absolute atomic E-state index is 12.2. The summed E-state index contributed by atoms with van der Waals surface area (Å²) in [5.41, 5.74) is 9.43. The molecule has 2 rings (SSSR count). The molecule has 0 aliphatic heterocycles. The summed E-state index contributed by atoms with van der Waals surface area (Å²) < 4.78 is 23.8. The van der Waals surface area contributed by atoms with E-state index in [0.717, 1.165) is 16.7 Å². The zero-order chi connectivity index (χ0) is 18.8. The van der Waals surface area contributed by atoms with E-state index in [-0.39, 0.29) is 10.8 Å². The lowest BCUT2D eigenvalue weighted by molar-refractivity contribution is -0.122. The number of rotatable bonds is 5. The highest BCUT2D eigenvalue weighted by Gasteiger charge is 2.21. The summed E-state index contributed by atoms with van der Waals surface area (Å²) in [5, 5.41) is 2.93. The minimum atomic E-state index is -3.34. The van der Waals surface area contributed by atoms with Crippen LogP contribution in [0.2, 0.25) is 0 Å². The van der Waals surface area contributed by atoms with Crippen LogP contribution in [0, 0.1) is 13.8 Å². The van der Waals surface area contributed by atoms with Gasteiger partial charge in [-0.15, -0.1) is 0 Å². The molecule has 0 spiro atoms. The molecule has 0 fully saturated rings. The first-order chi connectivity index (χ1) is 11.6. The number of hydrogen-bond donors (Lipinski definition) is 2. The normalized spacial score (nSPS) is 14.0. The van der Waals surface area contributed by atoms with Crippen molar-refractivity contribution in [3.8, 4) is 0 Å². The zero-order valence-electron chi connectivity index (χ0n) is 14.9. The molecule has 2 aromatic carbocycles. The van der Waals surface area contributed by atoms with Gasteiger partial charge in [0.25, 0.3) is 0 Å². The molecule has 0 bridgehead atoms. The average molecular weight is 360 g/mol. The molecule has 0 heterocycles. The van der Waals surface area contributed by atoms with Gasteiger partial charge in [0, 0.05) is 6.26 Å². The van der Waals surface area contributed by atoms with Crippen molar-refractivity contribution < 1.29 is 13.2 Å². The van der Waals surface area contributed by atoms with E-state index in [1.54, 1.807) is 31.2 Å². The molecular weight excluding hydrogens is 336 g/mol. The van der Waals surface area contributed by atoms with Gasteiger partial charge in [-0.1, -0.05) is 35.9 Å². The van der Waals surface area contributed by atoms with Crippen molar-refractivity contribution in [1.82, 2.24) is 5.32 Å². The largest absolute Gasteiger partial charge is 0.344 e. The summed E-state index contributed by atoms with van der Waals surface area (Å²) in [5.74, 6) is -0.297. The molecule has 0 aliphatic rings. The van der Waals surface area contributed by atoms with Crippen LogP contribution in [0.1, 0.15) is 35.2 Å². The molecule has 6 heteroatoms. The number of aryl methyl sites for hydroxylation is 2. The van der Waals surface area contributed by atoms with Gasteiger partial charge in [-0.2, -0.15) is 0 Å². The Morgan fingerprint density at radius 2 is 1.80 bits per heavy atom. The Morgan fingerprint density at radius 3 is 2.36 bits per heavy atom. The van der Waals surface area contributed by atoms with Crippen molar-refractivity contribution in [1.29, 1.82) is 0 Å². The second-order valence-corrected chi connectivity index (χ2v) is 8.45. The van der Waals surface area contributed by atoms with Crippen molar-refractivity contribution >= 4 is 15.7 Å². The minimum Gasteiger partial charge on any atom is -0.344 e. The van der Waals surface area contributed by atoms with Gasteiger partial charge in [0.1, 0.15) is 0 Å². The molecule has 3 N–H and O–H groups in total. The third-order valence-corrected chi connectivity index (χ3v) is 5.17. The SMILES string of the molecule is Cc1ccc(C(NC(=O)[C@H](C)N)c2cccc(S(C)(=O)=O)c2)c(C)c1. The number of hydrogen-bond acceptors (Lipinski definition) is 4. The smallest absolute Gasteiger partial charge is 0.237 e. The maximum Gasteiger partial charge on any atom is 0.237 e. The zero-order valence-corrected chi connectivity index (χ0v) is 15.7. The van der Waals surface area contributed by atoms with Crippen LogP contribution < -0.4 is 11.1 Å². The van der Waals surface area contributed by atoms with Crippen molar-refractivity contribution in [3.63, 3.8) is 0 Å². The van der Waals surface area contributed by atoms with Gasteiger partial charge in [0.15, 0.2) is 9.84 Å². The van der Waals surface area contributed by atoms with E-state index >= 15 is 0 Å². The third-order valence-electron chi connectivity index (χ3n) is 4.06. The molecule has 0 saturated heterocycles. The predicted octanol–water partition coefficient (Wildman–Crippen LogP) is 2.26. The summed E-state index contributed by atoms with van der Waals surface area (Å²) in [6.45, 7) is 5.58. The number of benzene rings is 2. The molecule has 1 amide bonds. The van der Waals surface area contributed by atoms with Crippen molar-refractivity contribution in [2.45, 2.75) is 37.8 Å². The fraction of sp³-hybridized carbons (Fsp3) is 0.316. The van der Waals surface area contributed by atoms with Gasteiger partial charge in [-0.3, -0.25) is 4.79 Å². The van der Waals surface area contributed by atoms with Crippen molar-refractivity contribution in [3.05, 3.63) is 64.7 Å². The standard InChI is InChI=1S/C19H24N2O3S/c1-12-8-9-17(13(2)10-12)18(21-19(22)14(3)20)15-6-5-7-16(11-15)25(4,23)24/h5-11,14,18H,20H2,1-4H3,(H,21,22)/t14-,18?/m0/s1. The Bertz CT molecular complexity index is 889. The first-order valence-electron chi connectivity index (χ1n) is 8.02. The van der Waals surface area contributed by atoms with E-state index in [2.05, 4.69) is 5.32 Å². The molecule has 1 unspecified atom stereocenters. The lowest BCUT2D eigenvalue weighted by Crippen LogP contribution is -2.40. The Hall–Kier alpha value is -2.18. The fourth-order valence-corrected chi connectivity index (χ4v) is 3.36. The highest BCUT2D eigenvalue weighted by atomic mass is 32.2. The van der Waals surface area contributed by atoms with E-state index in [1.807, 2.05) is 32.0 Å². The number of nitrogens with two attached hydrogens (primary N) is 1. The van der Waals surface area contributed by atoms with Gasteiger partial charge in [0.05, 0.1) is 17.0 Å². The second kappa shape index (κ2) is 7.37. The quantitative estimate of drug-likeness (QED) is 0.856. The van der Waals surface area contributed by atoms with E-state index in [4.69, 9.17) is 5.73 Å². The molecule has 134 valence electrons. The molecule has 0 radical (unpaired) electrons. The van der Waals surface area contributed by atoms with Crippen molar-refractivity contribution in [2.24, 2.45) is 5.73 Å². The molecule has 25 heavy (non-hydrogen) atoms. The van der Waals surface area contributed by atoms with Crippen LogP contribution in [0.25, 0.3) is 0 Å². The van der Waals surface area contributed by atoms with Crippen LogP contribution in [-0.2, 0) is 14.6 Å². The first kappa shape index (κ1) is 19.1. The summed E-state index contributed by atoms with van der Waals surface area (Å²) >= 11 is 0. The van der Waals surface area contributed by atoms with Gasteiger partial charge >= 0.3 is 0 Å². The lowest BCUT2D eigenvalue weighted by atomic mass is 9.93. The number of carbonyl (C=O) groups excluding carboxylic acids is 1. The number of carbonyl (C=O) groups is 1. The fourth-order valence-electron chi connectivity index (χ4n) is 2.69. The van der Waals surface area contributed by atoms with Crippen LogP contribution in [0.4, 0.5) is 0 Å². The Balaban J connectivity index is 2.57.